The third-order valence-electron chi connectivity index (χ3n) is 3.12. The Morgan fingerprint density at radius 3 is 2.17 bits per heavy atom. The number of nitriles is 2. The number of aromatic nitrogens is 1. The number of hydrogen-bond acceptors (Lipinski definition) is 3. The number of nitrogens with zero attached hydrogens (tertiary/aromatic N) is 4. The molecule has 24 heavy (non-hydrogen) atoms. The summed E-state index contributed by atoms with van der Waals surface area (Å²) in [6.07, 6.45) is 3.12. The van der Waals surface area contributed by atoms with E-state index in [9.17, 15) is 10.1 Å². The zero-order chi connectivity index (χ0) is 17.5. The van der Waals surface area contributed by atoms with Gasteiger partial charge in [-0.15, -0.1) is 0 Å². The van der Waals surface area contributed by atoms with E-state index in [1.54, 1.807) is 60.7 Å². The minimum absolute atomic E-state index is 0.0708. The number of pyridine rings is 1. The third-order valence-corrected chi connectivity index (χ3v) is 3.37. The van der Waals surface area contributed by atoms with E-state index >= 15 is 0 Å². The van der Waals surface area contributed by atoms with Gasteiger partial charge in [-0.2, -0.15) is 15.1 Å². The number of Topliss-reactive ketones (excluding diaryl/α,β-unsaturated/α-hetero) is 1. The third kappa shape index (κ3) is 3.45. The molecule has 0 unspecified atom stereocenters. The van der Waals surface area contributed by atoms with Gasteiger partial charge in [0.05, 0.1) is 5.57 Å². The molecule has 0 aliphatic heterocycles. The first-order valence-electron chi connectivity index (χ1n) is 6.71. The van der Waals surface area contributed by atoms with E-state index in [1.807, 2.05) is 0 Å². The highest BCUT2D eigenvalue weighted by atomic mass is 35.5. The zero-order valence-electron chi connectivity index (χ0n) is 12.3. The Kier molecular flexibility index (Phi) is 5.39. The van der Waals surface area contributed by atoms with Crippen LogP contribution in [0.1, 0.15) is 10.4 Å². The maximum Gasteiger partial charge on any atom is 0.278 e. The largest absolute Gasteiger partial charge is 0.762 e. The van der Waals surface area contributed by atoms with Crippen molar-refractivity contribution in [3.05, 3.63) is 82.0 Å². The summed E-state index contributed by atoms with van der Waals surface area (Å²) in [5, 5.41) is 28.0. The Hall–Kier alpha value is -3.50. The summed E-state index contributed by atoms with van der Waals surface area (Å²) in [7, 11) is 0. The van der Waals surface area contributed by atoms with Crippen molar-refractivity contribution in [2.45, 2.75) is 0 Å². The molecule has 0 saturated carbocycles. The summed E-state index contributed by atoms with van der Waals surface area (Å²) in [6.45, 7) is 0. The number of carbonyl (C=O) groups is 1. The van der Waals surface area contributed by atoms with E-state index in [4.69, 9.17) is 22.3 Å². The second kappa shape index (κ2) is 7.67. The molecule has 0 radical (unpaired) electrons. The average Bonchev–Trinajstić information content (AvgIpc) is 2.63. The number of halogens is 1. The van der Waals surface area contributed by atoms with Crippen LogP contribution < -0.4 is 4.57 Å². The summed E-state index contributed by atoms with van der Waals surface area (Å²) >= 11 is 5.83. The second-order valence-electron chi connectivity index (χ2n) is 4.55. The van der Waals surface area contributed by atoms with E-state index in [0.29, 0.717) is 5.02 Å². The molecule has 114 valence electrons. The summed E-state index contributed by atoms with van der Waals surface area (Å²) in [5.41, 5.74) is -0.491. The molecular formula is C18H9ClN4O. The highest BCUT2D eigenvalue weighted by molar-refractivity contribution is 6.31. The van der Waals surface area contributed by atoms with Crippen molar-refractivity contribution in [1.82, 2.24) is 0 Å². The van der Waals surface area contributed by atoms with Crippen LogP contribution in [0.25, 0.3) is 11.1 Å². The number of ketones is 1. The minimum atomic E-state index is -0.498. The van der Waals surface area contributed by atoms with Gasteiger partial charge >= 0.3 is 0 Å². The number of benzene rings is 1. The van der Waals surface area contributed by atoms with Crippen LogP contribution in [0.5, 0.6) is 0 Å². The highest BCUT2D eigenvalue weighted by Gasteiger charge is 2.28. The Balaban J connectivity index is 2.76. The number of allylic oxidation sites excluding steroid dienone is 3. The molecule has 0 fully saturated rings. The predicted molar refractivity (Wildman–Crippen MR) is 88.7 cm³/mol. The van der Waals surface area contributed by atoms with Crippen molar-refractivity contribution >= 4 is 29.0 Å². The molecule has 1 aromatic carbocycles. The van der Waals surface area contributed by atoms with Crippen LogP contribution in [0.2, 0.25) is 5.02 Å². The fourth-order valence-electron chi connectivity index (χ4n) is 2.01. The minimum Gasteiger partial charge on any atom is -0.762 e. The first kappa shape index (κ1) is 16.9. The standard InChI is InChI=1S/C18H9ClN4O/c19-15-6-4-13(5-7-15)18(24)17(23-8-2-1-3-9-23)16(12-22)14(10-20)11-21/h1-9H/b17-16+. The maximum absolute atomic E-state index is 12.9. The van der Waals surface area contributed by atoms with Crippen molar-refractivity contribution in [3.63, 3.8) is 0 Å². The van der Waals surface area contributed by atoms with E-state index < -0.39 is 11.4 Å². The van der Waals surface area contributed by atoms with Crippen molar-refractivity contribution in [1.29, 1.82) is 10.5 Å². The summed E-state index contributed by atoms with van der Waals surface area (Å²) in [4.78, 5) is 12.9. The van der Waals surface area contributed by atoms with Gasteiger partial charge in [0.1, 0.15) is 12.1 Å². The molecule has 0 spiro atoms. The van der Waals surface area contributed by atoms with Gasteiger partial charge in [-0.3, -0.25) is 4.79 Å². The molecule has 0 bridgehead atoms. The Morgan fingerprint density at radius 2 is 1.67 bits per heavy atom. The zero-order valence-corrected chi connectivity index (χ0v) is 13.0. The summed E-state index contributed by atoms with van der Waals surface area (Å²) < 4.78 is 1.41. The van der Waals surface area contributed by atoms with Crippen LogP contribution in [-0.2, 0) is 0 Å². The van der Waals surface area contributed by atoms with Gasteiger partial charge in [-0.05, 0) is 24.3 Å². The maximum atomic E-state index is 12.9. The van der Waals surface area contributed by atoms with E-state index in [-0.39, 0.29) is 16.8 Å². The van der Waals surface area contributed by atoms with Crippen molar-refractivity contribution in [3.8, 4) is 12.1 Å². The average molecular weight is 333 g/mol. The molecule has 0 aliphatic rings. The number of rotatable bonds is 4. The second-order valence-corrected chi connectivity index (χ2v) is 4.99. The van der Waals surface area contributed by atoms with Crippen molar-refractivity contribution in [2.75, 3.05) is 0 Å². The normalized spacial score (nSPS) is 10.6. The smallest absolute Gasteiger partial charge is 0.278 e. The highest BCUT2D eigenvalue weighted by Crippen LogP contribution is 2.18. The predicted octanol–water partition coefficient (Wildman–Crippen LogP) is 2.93. The van der Waals surface area contributed by atoms with Gasteiger partial charge in [0, 0.05) is 22.7 Å². The van der Waals surface area contributed by atoms with E-state index in [2.05, 4.69) is 0 Å². The lowest BCUT2D eigenvalue weighted by atomic mass is 10.0. The Labute approximate surface area is 143 Å². The summed E-state index contributed by atoms with van der Waals surface area (Å²) in [6, 6.07) is 14.7. The van der Waals surface area contributed by atoms with Crippen LogP contribution in [0.15, 0.2) is 66.0 Å². The molecule has 0 aliphatic carbocycles. The fourth-order valence-corrected chi connectivity index (χ4v) is 2.14. The lowest BCUT2D eigenvalue weighted by Gasteiger charge is -2.04. The lowest BCUT2D eigenvalue weighted by Crippen LogP contribution is -2.37. The topological polar surface area (TPSA) is 90.8 Å². The molecule has 0 N–H and O–H groups in total. The molecular weight excluding hydrogens is 324 g/mol. The molecule has 1 heterocycles. The first-order chi connectivity index (χ1) is 11.6. The van der Waals surface area contributed by atoms with Gasteiger partial charge in [-0.1, -0.05) is 17.7 Å². The Bertz CT molecular complexity index is 941. The van der Waals surface area contributed by atoms with Gasteiger partial charge in [0.25, 0.3) is 11.5 Å². The molecule has 6 heteroatoms. The van der Waals surface area contributed by atoms with Crippen molar-refractivity contribution < 1.29 is 9.36 Å². The summed E-state index contributed by atoms with van der Waals surface area (Å²) in [5.74, 6) is 1.16. The molecule has 0 saturated heterocycles. The monoisotopic (exact) mass is 332 g/mol. The Morgan fingerprint density at radius 1 is 1.04 bits per heavy atom. The van der Waals surface area contributed by atoms with Gasteiger partial charge in [0.15, 0.2) is 18.0 Å². The van der Waals surface area contributed by atoms with Gasteiger partial charge < -0.3 is 5.41 Å². The number of hydrogen-bond donors (Lipinski definition) is 0. The van der Waals surface area contributed by atoms with Crippen LogP contribution in [-0.4, -0.2) is 11.7 Å². The molecule has 1 aromatic heterocycles. The molecule has 2 rings (SSSR count). The quantitative estimate of drug-likeness (QED) is 0.215. The van der Waals surface area contributed by atoms with E-state index in [0.717, 1.165) is 0 Å². The lowest BCUT2D eigenvalue weighted by molar-refractivity contribution is -0.577. The van der Waals surface area contributed by atoms with Crippen LogP contribution in [0.3, 0.4) is 0 Å². The van der Waals surface area contributed by atoms with E-state index in [1.165, 1.54) is 16.7 Å². The molecule has 0 amide bonds. The van der Waals surface area contributed by atoms with Gasteiger partial charge in [0.2, 0.25) is 0 Å². The molecule has 2 aromatic rings. The molecule has 5 nitrogen and oxygen atoms in total. The first-order valence-corrected chi connectivity index (χ1v) is 7.09. The fraction of sp³-hybridized carbons (Fsp3) is 0. The van der Waals surface area contributed by atoms with Crippen molar-refractivity contribution in [2.24, 2.45) is 0 Å². The SMILES string of the molecule is N#CC(=C=[N-])/C(C#N)=C(\C(=O)c1ccc(Cl)cc1)[n+]1ccccc1. The van der Waals surface area contributed by atoms with Crippen LogP contribution >= 0.6 is 11.6 Å². The number of carbonyl (C=O) groups excluding carboxylic acids is 1. The van der Waals surface area contributed by atoms with Gasteiger partial charge in [-0.25, -0.2) is 5.87 Å². The van der Waals surface area contributed by atoms with Crippen LogP contribution in [0.4, 0.5) is 0 Å². The molecule has 0 atom stereocenters. The van der Waals surface area contributed by atoms with Crippen LogP contribution in [0, 0.1) is 22.7 Å².